The quantitative estimate of drug-likeness (QED) is 0.499. The van der Waals surface area contributed by atoms with E-state index in [1.807, 2.05) is 45.0 Å². The van der Waals surface area contributed by atoms with Gasteiger partial charge in [0, 0.05) is 19.2 Å². The lowest BCUT2D eigenvalue weighted by molar-refractivity contribution is -0.116. The maximum atomic E-state index is 13.6. The zero-order valence-corrected chi connectivity index (χ0v) is 21.1. The molecule has 2 N–H and O–H groups in total. The summed E-state index contributed by atoms with van der Waals surface area (Å²) >= 11 is 1.11. The Morgan fingerprint density at radius 3 is 2.46 bits per heavy atom. The zero-order chi connectivity index (χ0) is 25.5. The van der Waals surface area contributed by atoms with Crippen LogP contribution in [0.3, 0.4) is 0 Å². The summed E-state index contributed by atoms with van der Waals surface area (Å²) in [7, 11) is 0. The molecule has 7 nitrogen and oxygen atoms in total. The fourth-order valence-electron chi connectivity index (χ4n) is 3.61. The summed E-state index contributed by atoms with van der Waals surface area (Å²) in [5.41, 5.74) is 3.54. The van der Waals surface area contributed by atoms with Crippen molar-refractivity contribution >= 4 is 40.5 Å². The first-order valence-electron chi connectivity index (χ1n) is 11.4. The number of unbranched alkanes of at least 4 members (excludes halogenated alkanes) is 1. The van der Waals surface area contributed by atoms with Gasteiger partial charge < -0.3 is 10.6 Å². The number of nitrogens with zero attached hydrogens (tertiary/aromatic N) is 2. The van der Waals surface area contributed by atoms with Crippen LogP contribution in [0.15, 0.2) is 47.3 Å². The normalized spacial score (nSPS) is 12.1. The highest BCUT2D eigenvalue weighted by Crippen LogP contribution is 2.14. The number of hydrogen-bond donors (Lipinski definition) is 2. The van der Waals surface area contributed by atoms with Crippen LogP contribution in [0.4, 0.5) is 5.69 Å². The Morgan fingerprint density at radius 2 is 1.86 bits per heavy atom. The topological polar surface area (TPSA) is 104 Å². The van der Waals surface area contributed by atoms with Crippen molar-refractivity contribution in [3.63, 3.8) is 0 Å². The van der Waals surface area contributed by atoms with Gasteiger partial charge in [-0.2, -0.15) is 5.26 Å². The Bertz CT molecular complexity index is 1470. The summed E-state index contributed by atoms with van der Waals surface area (Å²) in [6.45, 7) is 7.77. The molecule has 0 aliphatic rings. The van der Waals surface area contributed by atoms with Gasteiger partial charge in [0.2, 0.25) is 5.91 Å². The van der Waals surface area contributed by atoms with Crippen LogP contribution in [0.2, 0.25) is 0 Å². The number of aryl methyl sites for hydroxylation is 2. The van der Waals surface area contributed by atoms with Crippen LogP contribution in [0.25, 0.3) is 17.3 Å². The number of nitriles is 1. The second kappa shape index (κ2) is 11.4. The Hall–Kier alpha value is -3.96. The van der Waals surface area contributed by atoms with E-state index in [4.69, 9.17) is 0 Å². The molecule has 0 saturated heterocycles. The number of hydrogen-bond acceptors (Lipinski definition) is 5. The molecule has 0 unspecified atom stereocenters. The second-order valence-corrected chi connectivity index (χ2v) is 9.28. The molecule has 180 valence electrons. The summed E-state index contributed by atoms with van der Waals surface area (Å²) in [6, 6.07) is 14.8. The minimum atomic E-state index is -0.494. The first-order valence-corrected chi connectivity index (χ1v) is 12.2. The van der Waals surface area contributed by atoms with Gasteiger partial charge in [0.05, 0.1) is 10.2 Å². The largest absolute Gasteiger partial charge is 0.351 e. The Labute approximate surface area is 208 Å². The molecule has 2 amide bonds. The number of anilines is 1. The van der Waals surface area contributed by atoms with Crippen LogP contribution >= 0.6 is 11.3 Å². The van der Waals surface area contributed by atoms with Gasteiger partial charge >= 0.3 is 0 Å². The van der Waals surface area contributed by atoms with Crippen LogP contribution in [0.5, 0.6) is 0 Å². The Balaban J connectivity index is 2.25. The molecule has 0 fully saturated rings. The van der Waals surface area contributed by atoms with Crippen molar-refractivity contribution in [3.8, 4) is 11.8 Å². The Morgan fingerprint density at radius 1 is 1.14 bits per heavy atom. The van der Waals surface area contributed by atoms with Gasteiger partial charge in [-0.3, -0.25) is 19.0 Å². The molecule has 0 spiro atoms. The molecule has 0 saturated carbocycles. The number of benzene rings is 2. The van der Waals surface area contributed by atoms with E-state index in [-0.39, 0.29) is 17.0 Å². The standard InChI is InChI=1S/C27H28N4O3S/c1-5-6-13-29-25(33)22(16-28)27-31(23-12-7-17(2)14-18(23)3)26(34)24(35-27)15-20-8-10-21(11-9-20)30-19(4)32/h7-12,14-15H,5-6,13H2,1-4H3,(H,29,33)(H,30,32)/b24-15-,27-22-. The van der Waals surface area contributed by atoms with Gasteiger partial charge in [-0.15, -0.1) is 11.3 Å². The third-order valence-electron chi connectivity index (χ3n) is 5.31. The average Bonchev–Trinajstić information content (AvgIpc) is 3.11. The fraction of sp³-hybridized carbons (Fsp3) is 0.259. The van der Waals surface area contributed by atoms with Crippen LogP contribution in [0, 0.1) is 25.2 Å². The van der Waals surface area contributed by atoms with Crippen molar-refractivity contribution in [1.82, 2.24) is 9.88 Å². The van der Waals surface area contributed by atoms with E-state index in [1.54, 1.807) is 30.3 Å². The molecule has 3 rings (SSSR count). The van der Waals surface area contributed by atoms with E-state index in [9.17, 15) is 19.6 Å². The third-order valence-corrected chi connectivity index (χ3v) is 6.41. The van der Waals surface area contributed by atoms with Crippen molar-refractivity contribution in [1.29, 1.82) is 5.26 Å². The van der Waals surface area contributed by atoms with E-state index in [0.29, 0.717) is 27.1 Å². The minimum absolute atomic E-state index is 0.0937. The van der Waals surface area contributed by atoms with E-state index in [0.717, 1.165) is 40.9 Å². The summed E-state index contributed by atoms with van der Waals surface area (Å²) in [5, 5.41) is 15.4. The fourth-order valence-corrected chi connectivity index (χ4v) is 4.70. The summed E-state index contributed by atoms with van der Waals surface area (Å²) in [5.74, 6) is -0.662. The maximum absolute atomic E-state index is 13.6. The molecule has 1 heterocycles. The second-order valence-electron chi connectivity index (χ2n) is 8.25. The minimum Gasteiger partial charge on any atom is -0.351 e. The molecule has 0 atom stereocenters. The summed E-state index contributed by atoms with van der Waals surface area (Å²) in [4.78, 5) is 37.7. The molecule has 0 aliphatic heterocycles. The zero-order valence-electron chi connectivity index (χ0n) is 20.3. The molecule has 1 aromatic heterocycles. The smallest absolute Gasteiger partial charge is 0.273 e. The average molecular weight is 489 g/mol. The van der Waals surface area contributed by atoms with Crippen molar-refractivity contribution < 1.29 is 9.59 Å². The highest BCUT2D eigenvalue weighted by molar-refractivity contribution is 7.07. The monoisotopic (exact) mass is 488 g/mol. The summed E-state index contributed by atoms with van der Waals surface area (Å²) < 4.78 is 2.13. The third kappa shape index (κ3) is 6.14. The summed E-state index contributed by atoms with van der Waals surface area (Å²) in [6.07, 6.45) is 3.43. The van der Waals surface area contributed by atoms with E-state index >= 15 is 0 Å². The lowest BCUT2D eigenvalue weighted by atomic mass is 10.1. The molecule has 8 heteroatoms. The predicted octanol–water partition coefficient (Wildman–Crippen LogP) is 2.89. The Kier molecular flexibility index (Phi) is 8.39. The number of thiazole rings is 1. The predicted molar refractivity (Wildman–Crippen MR) is 140 cm³/mol. The van der Waals surface area contributed by atoms with Crippen LogP contribution in [-0.2, 0) is 9.59 Å². The van der Waals surface area contributed by atoms with Gasteiger partial charge in [-0.25, -0.2) is 0 Å². The van der Waals surface area contributed by atoms with Gasteiger partial charge in [0.15, 0.2) is 5.57 Å². The van der Waals surface area contributed by atoms with Crippen molar-refractivity contribution in [2.45, 2.75) is 40.5 Å². The van der Waals surface area contributed by atoms with Crippen LogP contribution in [0.1, 0.15) is 43.4 Å². The van der Waals surface area contributed by atoms with E-state index < -0.39 is 5.91 Å². The first kappa shape index (κ1) is 25.7. The van der Waals surface area contributed by atoms with E-state index in [1.165, 1.54) is 11.5 Å². The number of aromatic nitrogens is 1. The molecule has 3 aromatic rings. The van der Waals surface area contributed by atoms with Crippen molar-refractivity contribution in [2.75, 3.05) is 11.9 Å². The van der Waals surface area contributed by atoms with Gasteiger partial charge in [0.1, 0.15) is 10.7 Å². The van der Waals surface area contributed by atoms with Crippen molar-refractivity contribution in [3.05, 3.63) is 78.7 Å². The number of rotatable bonds is 7. The van der Waals surface area contributed by atoms with Gasteiger partial charge in [0.25, 0.3) is 11.5 Å². The van der Waals surface area contributed by atoms with E-state index in [2.05, 4.69) is 10.6 Å². The van der Waals surface area contributed by atoms with Gasteiger partial charge in [-0.1, -0.05) is 43.2 Å². The maximum Gasteiger partial charge on any atom is 0.273 e. The van der Waals surface area contributed by atoms with Crippen LogP contribution in [-0.4, -0.2) is 22.9 Å². The number of amides is 2. The number of carbonyl (C=O) groups is 2. The molecule has 0 aliphatic carbocycles. The number of carbonyl (C=O) groups excluding carboxylic acids is 2. The molecule has 0 radical (unpaired) electrons. The number of nitrogens with one attached hydrogen (secondary N) is 2. The highest BCUT2D eigenvalue weighted by Gasteiger charge is 2.17. The lowest BCUT2D eigenvalue weighted by Gasteiger charge is -2.09. The highest BCUT2D eigenvalue weighted by atomic mass is 32.1. The first-order chi connectivity index (χ1) is 16.7. The SMILES string of the molecule is CCCCNC(=O)/C(C#N)=c1\s/c(=C\c2ccc(NC(C)=O)cc2)c(=O)n1-c1ccc(C)cc1C. The molecule has 0 bridgehead atoms. The van der Waals surface area contributed by atoms with Crippen molar-refractivity contribution in [2.24, 2.45) is 0 Å². The van der Waals surface area contributed by atoms with Gasteiger partial charge in [-0.05, 0) is 55.7 Å². The molecular weight excluding hydrogens is 460 g/mol. The lowest BCUT2D eigenvalue weighted by Crippen LogP contribution is -2.34. The molecule has 2 aromatic carbocycles. The molecule has 35 heavy (non-hydrogen) atoms. The van der Waals surface area contributed by atoms with Crippen LogP contribution < -0.4 is 25.4 Å². The molecular formula is C27H28N4O3S.